The molecule has 0 radical (unpaired) electrons. The number of benzene rings is 3. The second kappa shape index (κ2) is 7.11. The van der Waals surface area contributed by atoms with Gasteiger partial charge in [0.05, 0.1) is 12.0 Å². The average Bonchev–Trinajstić information content (AvgIpc) is 3.40. The predicted octanol–water partition coefficient (Wildman–Crippen LogP) is 4.34. The molecule has 0 N–H and O–H groups in total. The van der Waals surface area contributed by atoms with E-state index in [9.17, 15) is 19.2 Å². The van der Waals surface area contributed by atoms with Gasteiger partial charge in [0.25, 0.3) is 0 Å². The van der Waals surface area contributed by atoms with Crippen LogP contribution in [0.25, 0.3) is 0 Å². The lowest BCUT2D eigenvalue weighted by molar-refractivity contribution is -0.154. The highest BCUT2D eigenvalue weighted by atomic mass is 35.5. The molecule has 6 rings (SSSR count). The Hall–Kier alpha value is -3.77. The number of nitrogens with zero attached hydrogens (tertiary/aromatic N) is 1. The fourth-order valence-corrected chi connectivity index (χ4v) is 5.96. The Labute approximate surface area is 200 Å². The summed E-state index contributed by atoms with van der Waals surface area (Å²) in [6.45, 7) is 1.85. The van der Waals surface area contributed by atoms with E-state index in [0.717, 1.165) is 5.56 Å². The van der Waals surface area contributed by atoms with Gasteiger partial charge in [-0.05, 0) is 30.2 Å². The summed E-state index contributed by atoms with van der Waals surface area (Å²) in [6.07, 6.45) is 0. The SMILES string of the molecule is Cc1ccc(N2[C@H](c3ccccc3)[C@H]3C(=O)OC(=O)[C@@H]3C23C(=O)c2ccccc2C3=O)cc1Cl. The maximum Gasteiger partial charge on any atom is 0.320 e. The number of halogens is 1. The highest BCUT2D eigenvalue weighted by Crippen LogP contribution is 2.60. The third-order valence-electron chi connectivity index (χ3n) is 7.22. The monoisotopic (exact) mass is 471 g/mol. The van der Waals surface area contributed by atoms with Crippen LogP contribution >= 0.6 is 11.6 Å². The molecule has 7 heteroatoms. The Bertz CT molecular complexity index is 1380. The van der Waals surface area contributed by atoms with E-state index in [2.05, 4.69) is 0 Å². The Kier molecular flexibility index (Phi) is 4.35. The summed E-state index contributed by atoms with van der Waals surface area (Å²) in [5.74, 6) is -4.92. The minimum absolute atomic E-state index is 0.232. The molecule has 0 saturated carbocycles. The van der Waals surface area contributed by atoms with E-state index in [1.807, 2.05) is 37.3 Å². The van der Waals surface area contributed by atoms with Gasteiger partial charge >= 0.3 is 11.9 Å². The van der Waals surface area contributed by atoms with E-state index in [1.54, 1.807) is 47.4 Å². The number of cyclic esters (lactones) is 2. The van der Waals surface area contributed by atoms with E-state index < -0.39 is 46.9 Å². The quantitative estimate of drug-likeness (QED) is 0.408. The van der Waals surface area contributed by atoms with Crippen molar-refractivity contribution in [2.24, 2.45) is 11.8 Å². The van der Waals surface area contributed by atoms with Gasteiger partial charge in [-0.15, -0.1) is 0 Å². The van der Waals surface area contributed by atoms with Crippen molar-refractivity contribution in [3.63, 3.8) is 0 Å². The molecule has 0 aromatic heterocycles. The first-order valence-electron chi connectivity index (χ1n) is 10.9. The highest BCUT2D eigenvalue weighted by Gasteiger charge is 2.76. The Morgan fingerprint density at radius 2 is 1.44 bits per heavy atom. The molecular formula is C27H18ClNO5. The number of esters is 2. The fourth-order valence-electron chi connectivity index (χ4n) is 5.78. The molecule has 0 amide bonds. The summed E-state index contributed by atoms with van der Waals surface area (Å²) in [5.41, 5.74) is 0.503. The van der Waals surface area contributed by atoms with Crippen LogP contribution in [-0.2, 0) is 14.3 Å². The van der Waals surface area contributed by atoms with Gasteiger partial charge in [0.1, 0.15) is 5.92 Å². The number of ketones is 2. The lowest BCUT2D eigenvalue weighted by Gasteiger charge is -2.40. The van der Waals surface area contributed by atoms with Crippen molar-refractivity contribution in [3.05, 3.63) is 100 Å². The first-order valence-corrected chi connectivity index (χ1v) is 11.3. The normalized spacial score (nSPS) is 24.5. The highest BCUT2D eigenvalue weighted by molar-refractivity contribution is 6.37. The molecule has 1 aliphatic carbocycles. The van der Waals surface area contributed by atoms with Gasteiger partial charge in [-0.3, -0.25) is 19.2 Å². The number of aryl methyl sites for hydroxylation is 1. The molecule has 3 aromatic rings. The third kappa shape index (κ3) is 2.46. The molecule has 6 nitrogen and oxygen atoms in total. The molecule has 0 bridgehead atoms. The van der Waals surface area contributed by atoms with Crippen LogP contribution in [0.3, 0.4) is 0 Å². The van der Waals surface area contributed by atoms with Gasteiger partial charge in [0.15, 0.2) is 17.1 Å². The fraction of sp³-hybridized carbons (Fsp3) is 0.185. The van der Waals surface area contributed by atoms with Gasteiger partial charge in [0.2, 0.25) is 0 Å². The number of rotatable bonds is 2. The van der Waals surface area contributed by atoms with E-state index in [1.165, 1.54) is 0 Å². The topological polar surface area (TPSA) is 80.8 Å². The summed E-state index contributed by atoms with van der Waals surface area (Å²) in [6, 6.07) is 20.0. The van der Waals surface area contributed by atoms with Crippen molar-refractivity contribution in [1.82, 2.24) is 0 Å². The maximum absolute atomic E-state index is 14.1. The number of carbonyl (C=O) groups is 4. The molecule has 2 heterocycles. The van der Waals surface area contributed by atoms with Crippen molar-refractivity contribution < 1.29 is 23.9 Å². The van der Waals surface area contributed by atoms with Crippen LogP contribution in [0, 0.1) is 18.8 Å². The summed E-state index contributed by atoms with van der Waals surface area (Å²) in [5, 5.41) is 0.445. The molecule has 168 valence electrons. The van der Waals surface area contributed by atoms with Crippen LogP contribution in [0.15, 0.2) is 72.8 Å². The van der Waals surface area contributed by atoms with E-state index in [0.29, 0.717) is 16.3 Å². The van der Waals surface area contributed by atoms with Gasteiger partial charge in [0, 0.05) is 21.8 Å². The predicted molar refractivity (Wildman–Crippen MR) is 124 cm³/mol. The van der Waals surface area contributed by atoms with E-state index >= 15 is 0 Å². The zero-order valence-electron chi connectivity index (χ0n) is 18.0. The molecule has 1 spiro atoms. The minimum Gasteiger partial charge on any atom is -0.393 e. The maximum atomic E-state index is 14.1. The molecule has 3 atom stereocenters. The number of hydrogen-bond acceptors (Lipinski definition) is 6. The standard InChI is InChI=1S/C27H18ClNO5/c1-14-11-12-16(13-19(14)28)29-22(15-7-3-2-4-8-15)20-21(26(33)34-25(20)32)27(29)23(30)17-9-5-6-10-18(17)24(27)31/h2-13,20-22H,1H3/t20-,21+,22+/m0/s1. The number of carbonyl (C=O) groups excluding carboxylic acids is 4. The van der Waals surface area contributed by atoms with E-state index in [4.69, 9.17) is 16.3 Å². The lowest BCUT2D eigenvalue weighted by atomic mass is 9.76. The van der Waals surface area contributed by atoms with Gasteiger partial charge < -0.3 is 9.64 Å². The Morgan fingerprint density at radius 1 is 0.824 bits per heavy atom. The second-order valence-corrected chi connectivity index (χ2v) is 9.28. The van der Waals surface area contributed by atoms with Crippen molar-refractivity contribution in [1.29, 1.82) is 0 Å². The molecule has 0 unspecified atom stereocenters. The second-order valence-electron chi connectivity index (χ2n) is 8.87. The zero-order valence-corrected chi connectivity index (χ0v) is 18.8. The molecule has 2 saturated heterocycles. The summed E-state index contributed by atoms with van der Waals surface area (Å²) in [4.78, 5) is 56.1. The Morgan fingerprint density at radius 3 is 2.06 bits per heavy atom. The molecule has 3 aromatic carbocycles. The van der Waals surface area contributed by atoms with Gasteiger partial charge in [-0.25, -0.2) is 0 Å². The average molecular weight is 472 g/mol. The van der Waals surface area contributed by atoms with Crippen molar-refractivity contribution in [2.75, 3.05) is 4.90 Å². The van der Waals surface area contributed by atoms with Crippen LogP contribution in [-0.4, -0.2) is 29.0 Å². The third-order valence-corrected chi connectivity index (χ3v) is 7.63. The first kappa shape index (κ1) is 20.8. The van der Waals surface area contributed by atoms with Crippen molar-refractivity contribution in [3.8, 4) is 0 Å². The Balaban J connectivity index is 1.70. The summed E-state index contributed by atoms with van der Waals surface area (Å²) >= 11 is 6.47. The molecule has 34 heavy (non-hydrogen) atoms. The van der Waals surface area contributed by atoms with E-state index in [-0.39, 0.29) is 11.1 Å². The lowest BCUT2D eigenvalue weighted by Crippen LogP contribution is -2.59. The van der Waals surface area contributed by atoms with Crippen LogP contribution < -0.4 is 4.90 Å². The number of anilines is 1. The number of Topliss-reactive ketones (excluding diaryl/α,β-unsaturated/α-hetero) is 2. The minimum atomic E-state index is -1.95. The largest absolute Gasteiger partial charge is 0.393 e. The van der Waals surface area contributed by atoms with Crippen molar-refractivity contribution >= 4 is 40.8 Å². The van der Waals surface area contributed by atoms with Crippen LogP contribution in [0.1, 0.15) is 37.9 Å². The van der Waals surface area contributed by atoms with Gasteiger partial charge in [-0.2, -0.15) is 0 Å². The number of hydrogen-bond donors (Lipinski definition) is 0. The first-order chi connectivity index (χ1) is 16.4. The van der Waals surface area contributed by atoms with Crippen molar-refractivity contribution in [2.45, 2.75) is 18.5 Å². The van der Waals surface area contributed by atoms with Crippen LogP contribution in [0.5, 0.6) is 0 Å². The van der Waals surface area contributed by atoms with Crippen LogP contribution in [0.4, 0.5) is 5.69 Å². The zero-order chi connectivity index (χ0) is 23.8. The van der Waals surface area contributed by atoms with Crippen LogP contribution in [0.2, 0.25) is 5.02 Å². The summed E-state index contributed by atoms with van der Waals surface area (Å²) < 4.78 is 5.05. The smallest absolute Gasteiger partial charge is 0.320 e. The molecular weight excluding hydrogens is 454 g/mol. The molecule has 2 fully saturated rings. The molecule has 2 aliphatic heterocycles. The van der Waals surface area contributed by atoms with Gasteiger partial charge in [-0.1, -0.05) is 72.3 Å². The molecule has 3 aliphatic rings. The summed E-state index contributed by atoms with van der Waals surface area (Å²) in [7, 11) is 0. The number of ether oxygens (including phenoxy) is 1. The number of fused-ring (bicyclic) bond motifs is 3.